The summed E-state index contributed by atoms with van der Waals surface area (Å²) in [7, 11) is 0. The van der Waals surface area contributed by atoms with Crippen LogP contribution < -0.4 is 26.6 Å². The Balaban J connectivity index is 1.85. The Morgan fingerprint density at radius 1 is 1.07 bits per heavy atom. The number of oxazole rings is 1. The Kier molecular flexibility index (Phi) is 4.95. The number of ether oxygens (including phenoxy) is 2. The number of H-pyrrole nitrogens is 2. The van der Waals surface area contributed by atoms with Gasteiger partial charge in [-0.15, -0.1) is 0 Å². The first-order valence-corrected chi connectivity index (χ1v) is 9.56. The summed E-state index contributed by atoms with van der Waals surface area (Å²) in [6, 6.07) is 3.87. The van der Waals surface area contributed by atoms with Gasteiger partial charge in [-0.3, -0.25) is 9.59 Å². The zero-order chi connectivity index (χ0) is 21.5. The summed E-state index contributed by atoms with van der Waals surface area (Å²) in [5, 5.41) is 0.240. The highest BCUT2D eigenvalue weighted by atomic mass is 16.7. The summed E-state index contributed by atoms with van der Waals surface area (Å²) in [5.74, 6) is 1.28. The van der Waals surface area contributed by atoms with Crippen molar-refractivity contribution in [2.24, 2.45) is 0 Å². The molecule has 0 fully saturated rings. The van der Waals surface area contributed by atoms with E-state index < -0.39 is 11.1 Å². The summed E-state index contributed by atoms with van der Waals surface area (Å²) < 4.78 is 16.4. The van der Waals surface area contributed by atoms with Crippen LogP contribution in [0, 0.1) is 6.92 Å². The lowest BCUT2D eigenvalue weighted by Crippen LogP contribution is -2.46. The summed E-state index contributed by atoms with van der Waals surface area (Å²) in [4.78, 5) is 34.8. The minimum absolute atomic E-state index is 0.104. The van der Waals surface area contributed by atoms with Gasteiger partial charge in [-0.2, -0.15) is 0 Å². The van der Waals surface area contributed by atoms with Crippen LogP contribution in [0.2, 0.25) is 0 Å². The van der Waals surface area contributed by atoms with Gasteiger partial charge in [-0.05, 0) is 30.7 Å². The van der Waals surface area contributed by atoms with E-state index in [1.807, 2.05) is 39.8 Å². The van der Waals surface area contributed by atoms with Gasteiger partial charge in [0.05, 0.1) is 6.61 Å². The van der Waals surface area contributed by atoms with Crippen LogP contribution in [-0.2, 0) is 16.8 Å². The number of rotatable bonds is 2. The predicted octanol–water partition coefficient (Wildman–Crippen LogP) is 1.18. The smallest absolute Gasteiger partial charge is 0.272 e. The van der Waals surface area contributed by atoms with Gasteiger partial charge in [0, 0.05) is 16.5 Å². The molecule has 3 aromatic rings. The van der Waals surface area contributed by atoms with E-state index in [9.17, 15) is 9.59 Å². The van der Waals surface area contributed by atoms with Crippen molar-refractivity contribution in [3.63, 3.8) is 0 Å². The Labute approximate surface area is 171 Å². The summed E-state index contributed by atoms with van der Waals surface area (Å²) in [6.07, 6.45) is 4.45. The highest BCUT2D eigenvalue weighted by Gasteiger charge is 2.22. The van der Waals surface area contributed by atoms with Crippen molar-refractivity contribution in [3.05, 3.63) is 78.1 Å². The highest BCUT2D eigenvalue weighted by molar-refractivity contribution is 5.61. The molecule has 0 unspecified atom stereocenters. The lowest BCUT2D eigenvalue weighted by atomic mass is 9.92. The molecule has 3 heterocycles. The third kappa shape index (κ3) is 3.86. The number of nitrogens with one attached hydrogen (secondary N) is 2. The maximum atomic E-state index is 12.7. The molecule has 1 aromatic carbocycles. The second kappa shape index (κ2) is 7.46. The molecular formula is C22H23N3O5. The number of nitrogens with zero attached hydrogens (tertiary/aromatic N) is 1. The summed E-state index contributed by atoms with van der Waals surface area (Å²) in [6.45, 7) is 8.46. The van der Waals surface area contributed by atoms with Crippen LogP contribution in [0.15, 0.2) is 32.5 Å². The molecule has 30 heavy (non-hydrogen) atoms. The maximum absolute atomic E-state index is 12.7. The molecular weight excluding hydrogens is 386 g/mol. The molecule has 0 spiro atoms. The number of aromatic nitrogens is 3. The maximum Gasteiger partial charge on any atom is 0.272 e. The minimum Gasteiger partial charge on any atom is -0.467 e. The molecule has 0 atom stereocenters. The standard InChI is InChI=1S/C22H23N3O5/c1-12-5-13(18-14(6-12)9-28-11-30-18)7-16-20(26)25-17(21(27)24-16)8-15-19(22(2,3)4)29-10-23-15/h5-8,10H,9,11H2,1-4H3,(H,24,27)(H,25,26)/b16-7-,17-8-. The topological polar surface area (TPSA) is 110 Å². The van der Waals surface area contributed by atoms with E-state index in [2.05, 4.69) is 15.0 Å². The molecule has 156 valence electrons. The number of benzene rings is 1. The fraction of sp³-hybridized carbons (Fsp3) is 0.318. The van der Waals surface area contributed by atoms with Crippen molar-refractivity contribution in [3.8, 4) is 5.75 Å². The van der Waals surface area contributed by atoms with Crippen LogP contribution in [0.25, 0.3) is 12.2 Å². The second-order valence-electron chi connectivity index (χ2n) is 8.29. The van der Waals surface area contributed by atoms with Crippen LogP contribution >= 0.6 is 0 Å². The molecule has 0 bridgehead atoms. The minimum atomic E-state index is -0.436. The molecule has 0 radical (unpaired) electrons. The molecule has 8 heteroatoms. The first-order chi connectivity index (χ1) is 14.2. The molecule has 4 rings (SSSR count). The average Bonchev–Trinajstić information content (AvgIpc) is 3.14. The molecule has 0 aliphatic carbocycles. The number of hydrogen-bond acceptors (Lipinski definition) is 6. The van der Waals surface area contributed by atoms with Crippen molar-refractivity contribution >= 4 is 12.2 Å². The molecule has 1 aliphatic heterocycles. The first kappa shape index (κ1) is 19.9. The Bertz CT molecular complexity index is 1340. The van der Waals surface area contributed by atoms with E-state index in [4.69, 9.17) is 13.9 Å². The summed E-state index contributed by atoms with van der Waals surface area (Å²) >= 11 is 0. The Hall–Kier alpha value is -3.39. The van der Waals surface area contributed by atoms with Gasteiger partial charge < -0.3 is 23.9 Å². The molecule has 1 aliphatic rings. The lowest BCUT2D eigenvalue weighted by Gasteiger charge is -2.20. The average molecular weight is 409 g/mol. The van der Waals surface area contributed by atoms with Crippen molar-refractivity contribution in [1.29, 1.82) is 0 Å². The van der Waals surface area contributed by atoms with Crippen LogP contribution in [0.3, 0.4) is 0 Å². The largest absolute Gasteiger partial charge is 0.467 e. The van der Waals surface area contributed by atoms with E-state index in [1.54, 1.807) is 6.08 Å². The Morgan fingerprint density at radius 2 is 1.77 bits per heavy atom. The molecule has 0 saturated heterocycles. The fourth-order valence-corrected chi connectivity index (χ4v) is 3.43. The SMILES string of the molecule is Cc1cc(/C=c2\[nH]c(=O)/c(=C/c3ncoc3C(C)(C)C)[nH]c2=O)c2c(c1)COCO2. The normalized spacial score (nSPS) is 15.2. The molecule has 0 saturated carbocycles. The first-order valence-electron chi connectivity index (χ1n) is 9.56. The van der Waals surface area contributed by atoms with Crippen LogP contribution in [0.5, 0.6) is 5.75 Å². The zero-order valence-electron chi connectivity index (χ0n) is 17.3. The van der Waals surface area contributed by atoms with E-state index in [0.29, 0.717) is 29.4 Å². The van der Waals surface area contributed by atoms with Gasteiger partial charge in [0.2, 0.25) is 0 Å². The summed E-state index contributed by atoms with van der Waals surface area (Å²) in [5.41, 5.74) is 1.95. The monoisotopic (exact) mass is 409 g/mol. The lowest BCUT2D eigenvalue weighted by molar-refractivity contribution is -0.0165. The number of fused-ring (bicyclic) bond motifs is 1. The fourth-order valence-electron chi connectivity index (χ4n) is 3.43. The molecule has 2 aromatic heterocycles. The van der Waals surface area contributed by atoms with Gasteiger partial charge in [-0.25, -0.2) is 4.98 Å². The van der Waals surface area contributed by atoms with Gasteiger partial charge >= 0.3 is 0 Å². The van der Waals surface area contributed by atoms with E-state index in [0.717, 1.165) is 11.1 Å². The van der Waals surface area contributed by atoms with E-state index in [1.165, 1.54) is 12.5 Å². The predicted molar refractivity (Wildman–Crippen MR) is 111 cm³/mol. The quantitative estimate of drug-likeness (QED) is 0.658. The van der Waals surface area contributed by atoms with Crippen molar-refractivity contribution < 1.29 is 13.9 Å². The van der Waals surface area contributed by atoms with Gasteiger partial charge in [0.1, 0.15) is 27.9 Å². The van der Waals surface area contributed by atoms with Crippen molar-refractivity contribution in [2.75, 3.05) is 6.79 Å². The van der Waals surface area contributed by atoms with Gasteiger partial charge in [-0.1, -0.05) is 26.8 Å². The zero-order valence-corrected chi connectivity index (χ0v) is 17.3. The van der Waals surface area contributed by atoms with Crippen LogP contribution in [-0.4, -0.2) is 21.7 Å². The number of aromatic amines is 2. The van der Waals surface area contributed by atoms with Crippen molar-refractivity contribution in [1.82, 2.24) is 15.0 Å². The highest BCUT2D eigenvalue weighted by Crippen LogP contribution is 2.30. The second-order valence-corrected chi connectivity index (χ2v) is 8.29. The number of aryl methyl sites for hydroxylation is 1. The van der Waals surface area contributed by atoms with Crippen LogP contribution in [0.4, 0.5) is 0 Å². The Morgan fingerprint density at radius 3 is 2.47 bits per heavy atom. The molecule has 2 N–H and O–H groups in total. The van der Waals surface area contributed by atoms with Gasteiger partial charge in [0.25, 0.3) is 11.1 Å². The van der Waals surface area contributed by atoms with Gasteiger partial charge in [0.15, 0.2) is 13.2 Å². The van der Waals surface area contributed by atoms with Crippen molar-refractivity contribution in [2.45, 2.75) is 39.7 Å². The third-order valence-electron chi connectivity index (χ3n) is 4.73. The number of hydrogen-bond donors (Lipinski definition) is 2. The van der Waals surface area contributed by atoms with E-state index >= 15 is 0 Å². The molecule has 0 amide bonds. The molecule has 8 nitrogen and oxygen atoms in total. The van der Waals surface area contributed by atoms with Crippen LogP contribution in [0.1, 0.15) is 48.9 Å². The third-order valence-corrected chi connectivity index (χ3v) is 4.73. The van der Waals surface area contributed by atoms with E-state index in [-0.39, 0.29) is 22.9 Å².